The summed E-state index contributed by atoms with van der Waals surface area (Å²) in [6, 6.07) is -0.364. The third-order valence-electron chi connectivity index (χ3n) is 2.49. The Kier molecular flexibility index (Phi) is 6.77. The lowest BCUT2D eigenvalue weighted by atomic mass is 10.1. The first-order chi connectivity index (χ1) is 9.80. The van der Waals surface area contributed by atoms with Gasteiger partial charge >= 0.3 is 5.97 Å². The molecule has 0 radical (unpaired) electrons. The van der Waals surface area contributed by atoms with Crippen molar-refractivity contribution in [2.24, 2.45) is 0 Å². The Morgan fingerprint density at radius 2 is 2.14 bits per heavy atom. The van der Waals surface area contributed by atoms with E-state index in [1.807, 2.05) is 0 Å². The van der Waals surface area contributed by atoms with Crippen LogP contribution in [0.5, 0.6) is 0 Å². The molecule has 0 aromatic carbocycles. The van der Waals surface area contributed by atoms with Crippen molar-refractivity contribution in [1.29, 1.82) is 0 Å². The fraction of sp³-hybridized carbons (Fsp3) is 0.643. The second kappa shape index (κ2) is 8.09. The second-order valence-corrected chi connectivity index (χ2v) is 6.68. The van der Waals surface area contributed by atoms with Gasteiger partial charge in [0.05, 0.1) is 24.6 Å². The highest BCUT2D eigenvalue weighted by molar-refractivity contribution is 7.09. The molecule has 118 valence electrons. The van der Waals surface area contributed by atoms with Gasteiger partial charge in [0.1, 0.15) is 5.60 Å². The van der Waals surface area contributed by atoms with E-state index in [2.05, 4.69) is 10.3 Å². The minimum absolute atomic E-state index is 0.0296. The van der Waals surface area contributed by atoms with Crippen LogP contribution in [0, 0.1) is 0 Å². The molecule has 0 aliphatic carbocycles. The molecule has 2 N–H and O–H groups in total. The van der Waals surface area contributed by atoms with E-state index in [1.165, 1.54) is 11.3 Å². The number of hydrogen-bond donors (Lipinski definition) is 2. The van der Waals surface area contributed by atoms with E-state index in [0.717, 1.165) is 4.88 Å². The van der Waals surface area contributed by atoms with Crippen molar-refractivity contribution in [3.63, 3.8) is 0 Å². The molecular formula is C14H22N2O4S. The van der Waals surface area contributed by atoms with Crippen LogP contribution in [0.3, 0.4) is 0 Å². The lowest BCUT2D eigenvalue weighted by Crippen LogP contribution is -2.39. The maximum Gasteiger partial charge on any atom is 0.306 e. The van der Waals surface area contributed by atoms with Crippen LogP contribution in [0.1, 0.15) is 38.5 Å². The van der Waals surface area contributed by atoms with E-state index >= 15 is 0 Å². The SMILES string of the molecule is CC(C)(C)OC(=O)CCC(=O)NC(CO)Cc1cncs1. The van der Waals surface area contributed by atoms with Gasteiger partial charge in [-0.25, -0.2) is 0 Å². The molecule has 6 nitrogen and oxygen atoms in total. The zero-order chi connectivity index (χ0) is 15.9. The summed E-state index contributed by atoms with van der Waals surface area (Å²) in [5.41, 5.74) is 1.15. The van der Waals surface area contributed by atoms with E-state index in [0.29, 0.717) is 6.42 Å². The molecule has 0 aliphatic heterocycles. The van der Waals surface area contributed by atoms with Gasteiger partial charge in [0.25, 0.3) is 0 Å². The molecule has 0 aliphatic rings. The van der Waals surface area contributed by atoms with Crippen molar-refractivity contribution in [2.75, 3.05) is 6.61 Å². The van der Waals surface area contributed by atoms with Crippen molar-refractivity contribution < 1.29 is 19.4 Å². The number of ether oxygens (including phenoxy) is 1. The number of carbonyl (C=O) groups is 2. The molecule has 1 aromatic heterocycles. The first-order valence-electron chi connectivity index (χ1n) is 6.79. The average molecular weight is 314 g/mol. The van der Waals surface area contributed by atoms with E-state index in [4.69, 9.17) is 4.74 Å². The average Bonchev–Trinajstić information content (AvgIpc) is 2.86. The number of esters is 1. The Balaban J connectivity index is 2.33. The summed E-state index contributed by atoms with van der Waals surface area (Å²) in [5, 5.41) is 12.0. The number of rotatable bonds is 7. The smallest absolute Gasteiger partial charge is 0.306 e. The molecule has 0 bridgehead atoms. The van der Waals surface area contributed by atoms with E-state index < -0.39 is 11.6 Å². The fourth-order valence-electron chi connectivity index (χ4n) is 1.65. The topological polar surface area (TPSA) is 88.5 Å². The molecule has 0 fully saturated rings. The first-order valence-corrected chi connectivity index (χ1v) is 7.67. The molecule has 0 spiro atoms. The lowest BCUT2D eigenvalue weighted by molar-refractivity contribution is -0.155. The minimum atomic E-state index is -0.548. The van der Waals surface area contributed by atoms with Gasteiger partial charge < -0.3 is 15.2 Å². The number of nitrogens with one attached hydrogen (secondary N) is 1. The number of carbonyl (C=O) groups excluding carboxylic acids is 2. The Morgan fingerprint density at radius 3 is 2.67 bits per heavy atom. The van der Waals surface area contributed by atoms with Gasteiger partial charge in [-0.1, -0.05) is 0 Å². The maximum absolute atomic E-state index is 11.8. The minimum Gasteiger partial charge on any atom is -0.460 e. The lowest BCUT2D eigenvalue weighted by Gasteiger charge is -2.19. The molecular weight excluding hydrogens is 292 g/mol. The number of aliphatic hydroxyl groups excluding tert-OH is 1. The van der Waals surface area contributed by atoms with E-state index in [1.54, 1.807) is 32.5 Å². The van der Waals surface area contributed by atoms with Gasteiger partial charge in [-0.05, 0) is 20.8 Å². The van der Waals surface area contributed by atoms with Crippen molar-refractivity contribution >= 4 is 23.2 Å². The largest absolute Gasteiger partial charge is 0.460 e. The highest BCUT2D eigenvalue weighted by Gasteiger charge is 2.18. The van der Waals surface area contributed by atoms with Crippen LogP contribution in [0.15, 0.2) is 11.7 Å². The second-order valence-electron chi connectivity index (χ2n) is 5.71. The van der Waals surface area contributed by atoms with Crippen LogP contribution in [0.25, 0.3) is 0 Å². The molecule has 1 unspecified atom stereocenters. The standard InChI is InChI=1S/C14H22N2O4S/c1-14(2,3)20-13(19)5-4-12(18)16-10(8-17)6-11-7-15-9-21-11/h7,9-10,17H,4-6,8H2,1-3H3,(H,16,18). The summed E-state index contributed by atoms with van der Waals surface area (Å²) in [6.45, 7) is 5.18. The normalized spacial score (nSPS) is 12.8. The number of thiazole rings is 1. The third-order valence-corrected chi connectivity index (χ3v) is 3.29. The van der Waals surface area contributed by atoms with Crippen LogP contribution in [0.2, 0.25) is 0 Å². The number of aromatic nitrogens is 1. The van der Waals surface area contributed by atoms with Crippen LogP contribution in [-0.4, -0.2) is 40.2 Å². The number of hydrogen-bond acceptors (Lipinski definition) is 6. The predicted molar refractivity (Wildman–Crippen MR) is 79.9 cm³/mol. The Hall–Kier alpha value is -1.47. The summed E-state index contributed by atoms with van der Waals surface area (Å²) in [4.78, 5) is 28.2. The van der Waals surface area contributed by atoms with Gasteiger partial charge in [0.2, 0.25) is 5.91 Å². The Labute approximate surface area is 128 Å². The molecule has 7 heteroatoms. The highest BCUT2D eigenvalue weighted by atomic mass is 32.1. The molecule has 1 rings (SSSR count). The van der Waals surface area contributed by atoms with Crippen LogP contribution in [0.4, 0.5) is 0 Å². The molecule has 0 saturated heterocycles. The van der Waals surface area contributed by atoms with Gasteiger partial charge in [0, 0.05) is 23.9 Å². The first kappa shape index (κ1) is 17.6. The van der Waals surface area contributed by atoms with Gasteiger partial charge in [-0.2, -0.15) is 0 Å². The fourth-order valence-corrected chi connectivity index (χ4v) is 2.33. The highest BCUT2D eigenvalue weighted by Crippen LogP contribution is 2.10. The third kappa shape index (κ3) is 7.77. The monoisotopic (exact) mass is 314 g/mol. The van der Waals surface area contributed by atoms with Gasteiger partial charge in [-0.15, -0.1) is 11.3 Å². The van der Waals surface area contributed by atoms with Crippen LogP contribution < -0.4 is 5.32 Å². The van der Waals surface area contributed by atoms with Gasteiger partial charge in [0.15, 0.2) is 0 Å². The van der Waals surface area contributed by atoms with Crippen molar-refractivity contribution in [3.8, 4) is 0 Å². The molecule has 1 heterocycles. The molecule has 21 heavy (non-hydrogen) atoms. The molecule has 1 atom stereocenters. The molecule has 1 amide bonds. The summed E-state index contributed by atoms with van der Waals surface area (Å²) in [6.07, 6.45) is 2.31. The summed E-state index contributed by atoms with van der Waals surface area (Å²) in [7, 11) is 0. The maximum atomic E-state index is 11.8. The quantitative estimate of drug-likeness (QED) is 0.740. The Bertz CT molecular complexity index is 454. The van der Waals surface area contributed by atoms with Gasteiger partial charge in [-0.3, -0.25) is 14.6 Å². The number of aliphatic hydroxyl groups is 1. The summed E-state index contributed by atoms with van der Waals surface area (Å²) in [5.74, 6) is -0.676. The zero-order valence-corrected chi connectivity index (χ0v) is 13.4. The van der Waals surface area contributed by atoms with Crippen LogP contribution in [-0.2, 0) is 20.7 Å². The van der Waals surface area contributed by atoms with Crippen LogP contribution >= 0.6 is 11.3 Å². The molecule has 0 saturated carbocycles. The van der Waals surface area contributed by atoms with E-state index in [-0.39, 0.29) is 31.4 Å². The summed E-state index contributed by atoms with van der Waals surface area (Å²) >= 11 is 1.47. The van der Waals surface area contributed by atoms with Crippen molar-refractivity contribution in [3.05, 3.63) is 16.6 Å². The predicted octanol–water partition coefficient (Wildman–Crippen LogP) is 1.28. The summed E-state index contributed by atoms with van der Waals surface area (Å²) < 4.78 is 5.13. The number of amides is 1. The molecule has 1 aromatic rings. The van der Waals surface area contributed by atoms with Crippen molar-refractivity contribution in [1.82, 2.24) is 10.3 Å². The van der Waals surface area contributed by atoms with Crippen molar-refractivity contribution in [2.45, 2.75) is 51.7 Å². The number of nitrogens with zero attached hydrogens (tertiary/aromatic N) is 1. The zero-order valence-electron chi connectivity index (χ0n) is 12.6. The Morgan fingerprint density at radius 1 is 1.43 bits per heavy atom. The van der Waals surface area contributed by atoms with E-state index in [9.17, 15) is 14.7 Å².